The Bertz CT molecular complexity index is 2970. The maximum atomic E-state index is 7.00. The van der Waals surface area contributed by atoms with Crippen molar-refractivity contribution in [3.05, 3.63) is 209 Å². The quantitative estimate of drug-likeness (QED) is 0.160. The van der Waals surface area contributed by atoms with Gasteiger partial charge in [0.2, 0.25) is 0 Å². The van der Waals surface area contributed by atoms with Gasteiger partial charge in [-0.25, -0.2) is 4.68 Å². The van der Waals surface area contributed by atoms with E-state index in [9.17, 15) is 0 Å². The third kappa shape index (κ3) is 8.25. The molecule has 0 saturated carbocycles. The second-order valence-corrected chi connectivity index (χ2v) is 22.2. The summed E-state index contributed by atoms with van der Waals surface area (Å²) in [6.07, 6.45) is 6.11. The van der Waals surface area contributed by atoms with Gasteiger partial charge in [-0.15, -0.1) is 0 Å². The van der Waals surface area contributed by atoms with Gasteiger partial charge < -0.3 is 4.74 Å². The van der Waals surface area contributed by atoms with E-state index in [1.807, 2.05) is 17.1 Å². The van der Waals surface area contributed by atoms with Gasteiger partial charge in [0.05, 0.1) is 23.0 Å². The monoisotopic (exact) mass is 853 g/mol. The van der Waals surface area contributed by atoms with Gasteiger partial charge in [-0.05, 0) is 125 Å². The number of hydrogen-bond acceptors (Lipinski definition) is 3. The summed E-state index contributed by atoms with van der Waals surface area (Å²) in [5, 5.41) is 4.97. The first-order valence-corrected chi connectivity index (χ1v) is 23.1. The number of ether oxygens (including phenoxy) is 1. The van der Waals surface area contributed by atoms with E-state index in [1.54, 1.807) is 0 Å². The molecule has 328 valence electrons. The summed E-state index contributed by atoms with van der Waals surface area (Å²) in [5.74, 6) is 1.51. The maximum absolute atomic E-state index is 7.00. The first kappa shape index (κ1) is 43.7. The molecule has 0 atom stereocenters. The van der Waals surface area contributed by atoms with E-state index in [0.717, 1.165) is 45.1 Å². The van der Waals surface area contributed by atoms with Crippen LogP contribution in [0.4, 0.5) is 0 Å². The maximum Gasteiger partial charge on any atom is 0.129 e. The average Bonchev–Trinajstić information content (AvgIpc) is 3.88. The molecule has 0 bridgehead atoms. The number of hydrogen-bond donors (Lipinski definition) is 0. The van der Waals surface area contributed by atoms with Crippen LogP contribution in [0.2, 0.25) is 0 Å². The fraction of sp³-hybridized carbons (Fsp3) is 0.279. The van der Waals surface area contributed by atoms with Gasteiger partial charge in [-0.1, -0.05) is 186 Å². The molecule has 1 aliphatic rings. The topological polar surface area (TPSA) is 39.9 Å². The fourth-order valence-corrected chi connectivity index (χ4v) is 9.36. The molecule has 2 aromatic heterocycles. The van der Waals surface area contributed by atoms with Crippen LogP contribution < -0.4 is 4.74 Å². The van der Waals surface area contributed by atoms with Crippen LogP contribution >= 0.6 is 0 Å². The van der Waals surface area contributed by atoms with Crippen molar-refractivity contribution in [3.8, 4) is 50.6 Å². The number of fused-ring (bicyclic) bond motifs is 3. The van der Waals surface area contributed by atoms with Crippen molar-refractivity contribution in [3.63, 3.8) is 0 Å². The first-order chi connectivity index (χ1) is 30.7. The summed E-state index contributed by atoms with van der Waals surface area (Å²) in [6.45, 7) is 27.2. The molecule has 8 aromatic rings. The Hall–Kier alpha value is -6.52. The van der Waals surface area contributed by atoms with Crippen molar-refractivity contribution in [2.24, 2.45) is 0 Å². The van der Waals surface area contributed by atoms with Crippen LogP contribution in [0.1, 0.15) is 128 Å². The molecule has 0 saturated heterocycles. The Balaban J connectivity index is 1.14. The van der Waals surface area contributed by atoms with E-state index in [4.69, 9.17) is 14.8 Å². The molecule has 9 rings (SSSR count). The zero-order chi connectivity index (χ0) is 46.1. The molecule has 0 N–H and O–H groups in total. The van der Waals surface area contributed by atoms with E-state index in [-0.39, 0.29) is 21.7 Å². The molecule has 1 aliphatic carbocycles. The number of pyridine rings is 1. The molecule has 6 aromatic carbocycles. The smallest absolute Gasteiger partial charge is 0.129 e. The first-order valence-electron chi connectivity index (χ1n) is 23.1. The Kier molecular flexibility index (Phi) is 10.7. The molecule has 0 fully saturated rings. The van der Waals surface area contributed by atoms with Crippen LogP contribution in [0.5, 0.6) is 11.5 Å². The highest BCUT2D eigenvalue weighted by Gasteiger charge is 2.47. The highest BCUT2D eigenvalue weighted by molar-refractivity contribution is 5.86. The average molecular weight is 854 g/mol. The minimum absolute atomic E-state index is 0.0141. The van der Waals surface area contributed by atoms with Gasteiger partial charge in [0.15, 0.2) is 0 Å². The molecule has 0 spiro atoms. The van der Waals surface area contributed by atoms with Crippen molar-refractivity contribution >= 4 is 0 Å². The van der Waals surface area contributed by atoms with Crippen LogP contribution in [0.3, 0.4) is 0 Å². The van der Waals surface area contributed by atoms with Gasteiger partial charge in [0.1, 0.15) is 11.5 Å². The van der Waals surface area contributed by atoms with Crippen molar-refractivity contribution in [1.29, 1.82) is 0 Å². The second-order valence-electron chi connectivity index (χ2n) is 22.2. The summed E-state index contributed by atoms with van der Waals surface area (Å²) in [7, 11) is 0. The lowest BCUT2D eigenvalue weighted by Gasteiger charge is -2.33. The molecule has 2 heterocycles. The van der Waals surface area contributed by atoms with E-state index < -0.39 is 5.41 Å². The van der Waals surface area contributed by atoms with Gasteiger partial charge in [-0.2, -0.15) is 5.10 Å². The Morgan fingerprint density at radius 2 is 1.03 bits per heavy atom. The number of aromatic nitrogens is 3. The zero-order valence-electron chi connectivity index (χ0n) is 40.3. The van der Waals surface area contributed by atoms with Crippen molar-refractivity contribution in [2.75, 3.05) is 0 Å². The van der Waals surface area contributed by atoms with Crippen molar-refractivity contribution in [2.45, 2.75) is 110 Å². The molecule has 4 nitrogen and oxygen atoms in total. The minimum Gasteiger partial charge on any atom is -0.457 e. The fourth-order valence-electron chi connectivity index (χ4n) is 9.36. The molecule has 0 unspecified atom stereocenters. The van der Waals surface area contributed by atoms with Crippen LogP contribution in [-0.4, -0.2) is 14.8 Å². The summed E-state index contributed by atoms with van der Waals surface area (Å²) in [4.78, 5) is 5.25. The Morgan fingerprint density at radius 3 is 1.63 bits per heavy atom. The normalized spacial score (nSPS) is 13.7. The summed E-state index contributed by atoms with van der Waals surface area (Å²) in [6, 6.07) is 53.2. The lowest BCUT2D eigenvalue weighted by molar-refractivity contribution is 0.476. The van der Waals surface area contributed by atoms with Gasteiger partial charge in [0, 0.05) is 24.0 Å². The van der Waals surface area contributed by atoms with Crippen molar-refractivity contribution < 1.29 is 4.74 Å². The van der Waals surface area contributed by atoms with Crippen molar-refractivity contribution in [1.82, 2.24) is 14.8 Å². The summed E-state index contributed by atoms with van der Waals surface area (Å²) < 4.78 is 8.99. The van der Waals surface area contributed by atoms with Gasteiger partial charge in [-0.3, -0.25) is 4.98 Å². The molecule has 4 heteroatoms. The molecule has 0 aliphatic heterocycles. The predicted octanol–water partition coefficient (Wildman–Crippen LogP) is 15.9. The standard InChI is InChI=1S/C61H63N3O/c1-57(2,3)44-26-24-40(25-27-44)41-28-29-62-56(32-41)61(54-22-15-13-20-52(54)53-21-14-16-23-55(53)61)45-18-17-19-50(35-45)65-51-36-48(60(10,11)12)34-49(37-51)64-39-43(38-63-64)42-30-46(58(4,5)6)33-47(31-42)59(7,8)9/h13-39H,1-12H3. The highest BCUT2D eigenvalue weighted by atomic mass is 16.5. The predicted molar refractivity (Wildman–Crippen MR) is 271 cm³/mol. The lowest BCUT2D eigenvalue weighted by atomic mass is 9.69. The van der Waals surface area contributed by atoms with Gasteiger partial charge >= 0.3 is 0 Å². The van der Waals surface area contributed by atoms with Crippen LogP contribution in [0.25, 0.3) is 39.1 Å². The lowest BCUT2D eigenvalue weighted by Crippen LogP contribution is -2.29. The Morgan fingerprint density at radius 1 is 0.446 bits per heavy atom. The molecule has 65 heavy (non-hydrogen) atoms. The molecule has 0 radical (unpaired) electrons. The zero-order valence-corrected chi connectivity index (χ0v) is 40.3. The van der Waals surface area contributed by atoms with E-state index in [2.05, 4.69) is 235 Å². The highest BCUT2D eigenvalue weighted by Crippen LogP contribution is 2.56. The minimum atomic E-state index is -0.699. The van der Waals surface area contributed by atoms with Gasteiger partial charge in [0.25, 0.3) is 0 Å². The van der Waals surface area contributed by atoms with E-state index >= 15 is 0 Å². The second kappa shape index (κ2) is 15.9. The number of rotatable bonds is 7. The molecule has 0 amide bonds. The van der Waals surface area contributed by atoms with Crippen LogP contribution in [0.15, 0.2) is 164 Å². The van der Waals surface area contributed by atoms with E-state index in [1.165, 1.54) is 50.1 Å². The van der Waals surface area contributed by atoms with E-state index in [0.29, 0.717) is 0 Å². The number of nitrogens with zero attached hydrogens (tertiary/aromatic N) is 3. The summed E-state index contributed by atoms with van der Waals surface area (Å²) >= 11 is 0. The summed E-state index contributed by atoms with van der Waals surface area (Å²) in [5.41, 5.74) is 16.8. The van der Waals surface area contributed by atoms with Crippen LogP contribution in [-0.2, 0) is 27.1 Å². The SMILES string of the molecule is CC(C)(C)c1ccc(-c2ccnc(C3(c4cccc(Oc5cc(-n6cc(-c7cc(C(C)(C)C)cc(C(C)(C)C)c7)cn6)cc(C(C)(C)C)c5)c4)c4ccccc4-c4ccccc43)c2)cc1. The third-order valence-electron chi connectivity index (χ3n) is 13.3. The largest absolute Gasteiger partial charge is 0.457 e. The molecular weight excluding hydrogens is 791 g/mol. The van der Waals surface area contributed by atoms with Crippen LogP contribution in [0, 0.1) is 0 Å². The Labute approximate surface area is 387 Å². The number of benzene rings is 6. The third-order valence-corrected chi connectivity index (χ3v) is 13.3. The molecular formula is C61H63N3O.